The van der Waals surface area contributed by atoms with Gasteiger partial charge in [0.05, 0.1) is 5.75 Å². The zero-order chi connectivity index (χ0) is 23.2. The molecule has 0 aromatic heterocycles. The molecule has 1 heterocycles. The molecule has 1 unspecified atom stereocenters. The Kier molecular flexibility index (Phi) is 8.53. The Morgan fingerprint density at radius 1 is 1.16 bits per heavy atom. The van der Waals surface area contributed by atoms with Crippen molar-refractivity contribution < 1.29 is 13.2 Å². The van der Waals surface area contributed by atoms with Gasteiger partial charge in [0.1, 0.15) is 6.04 Å². The standard InChI is InChI=1S/C25H39N3O3S/c1-4-7-12-23(26-32(30,31)20-19-27(5-2)6-3)24(29)28-17-15-25(16-18-28)14-13-21-10-8-9-11-22(21)25/h8-11,13-14,23,26H,4-7,12,15-20H2,1-3H3. The fourth-order valence-corrected chi connectivity index (χ4v) is 6.19. The van der Waals surface area contributed by atoms with Crippen LogP contribution in [0.3, 0.4) is 0 Å². The monoisotopic (exact) mass is 461 g/mol. The molecule has 6 nitrogen and oxygen atoms in total. The molecule has 1 fully saturated rings. The minimum atomic E-state index is -3.52. The van der Waals surface area contributed by atoms with Gasteiger partial charge in [-0.3, -0.25) is 4.79 Å². The van der Waals surface area contributed by atoms with E-state index < -0.39 is 16.1 Å². The highest BCUT2D eigenvalue weighted by atomic mass is 32.2. The number of amides is 1. The summed E-state index contributed by atoms with van der Waals surface area (Å²) in [5, 5.41) is 0. The van der Waals surface area contributed by atoms with Crippen LogP contribution in [0.1, 0.15) is 64.0 Å². The predicted octanol–water partition coefficient (Wildman–Crippen LogP) is 3.39. The predicted molar refractivity (Wildman–Crippen MR) is 131 cm³/mol. The minimum Gasteiger partial charge on any atom is -0.341 e. The first kappa shape index (κ1) is 24.9. The maximum atomic E-state index is 13.4. The maximum Gasteiger partial charge on any atom is 0.240 e. The molecule has 1 N–H and O–H groups in total. The van der Waals surface area contributed by atoms with Crippen LogP contribution in [-0.2, 0) is 20.2 Å². The Hall–Kier alpha value is -1.70. The number of hydrogen-bond acceptors (Lipinski definition) is 4. The van der Waals surface area contributed by atoms with Gasteiger partial charge in [-0.05, 0) is 43.5 Å². The quantitative estimate of drug-likeness (QED) is 0.548. The van der Waals surface area contributed by atoms with Crippen LogP contribution in [-0.4, -0.2) is 68.6 Å². The third-order valence-corrected chi connectivity index (χ3v) is 8.45. The Morgan fingerprint density at radius 2 is 1.84 bits per heavy atom. The Morgan fingerprint density at radius 3 is 2.50 bits per heavy atom. The van der Waals surface area contributed by atoms with E-state index in [1.165, 1.54) is 11.1 Å². The second kappa shape index (κ2) is 10.9. The fraction of sp³-hybridized carbons (Fsp3) is 0.640. The number of carbonyl (C=O) groups is 1. The third-order valence-electron chi connectivity index (χ3n) is 7.08. The van der Waals surface area contributed by atoms with E-state index in [1.807, 2.05) is 18.7 Å². The van der Waals surface area contributed by atoms with E-state index in [0.717, 1.165) is 38.8 Å². The highest BCUT2D eigenvalue weighted by Gasteiger charge is 2.40. The van der Waals surface area contributed by atoms with Crippen LogP contribution < -0.4 is 4.72 Å². The summed E-state index contributed by atoms with van der Waals surface area (Å²) >= 11 is 0. The summed E-state index contributed by atoms with van der Waals surface area (Å²) in [5.41, 5.74) is 2.64. The lowest BCUT2D eigenvalue weighted by atomic mass is 9.74. The minimum absolute atomic E-state index is 0.00948. The van der Waals surface area contributed by atoms with E-state index >= 15 is 0 Å². The van der Waals surface area contributed by atoms with Crippen molar-refractivity contribution in [3.8, 4) is 0 Å². The van der Waals surface area contributed by atoms with Gasteiger partial charge in [-0.25, -0.2) is 13.1 Å². The first-order valence-electron chi connectivity index (χ1n) is 12.1. The van der Waals surface area contributed by atoms with Gasteiger partial charge in [-0.1, -0.05) is 70.0 Å². The molecule has 1 aromatic rings. The summed E-state index contributed by atoms with van der Waals surface area (Å²) in [6.07, 6.45) is 8.54. The molecule has 7 heteroatoms. The highest BCUT2D eigenvalue weighted by molar-refractivity contribution is 7.89. The molecule has 1 aliphatic carbocycles. The number of likely N-dealkylation sites (tertiary alicyclic amines) is 1. The Labute approximate surface area is 194 Å². The molecule has 1 saturated heterocycles. The van der Waals surface area contributed by atoms with Crippen LogP contribution in [0, 0.1) is 0 Å². The van der Waals surface area contributed by atoms with Crippen molar-refractivity contribution in [2.75, 3.05) is 38.5 Å². The van der Waals surface area contributed by atoms with Gasteiger partial charge in [0, 0.05) is 25.0 Å². The summed E-state index contributed by atoms with van der Waals surface area (Å²) in [5.74, 6) is -0.0510. The molecule has 1 spiro atoms. The molecule has 3 rings (SSSR count). The molecule has 178 valence electrons. The lowest BCUT2D eigenvalue weighted by molar-refractivity contribution is -0.134. The van der Waals surface area contributed by atoms with Gasteiger partial charge in [0.15, 0.2) is 0 Å². The number of nitrogens with zero attached hydrogens (tertiary/aromatic N) is 2. The average Bonchev–Trinajstić information content (AvgIpc) is 3.15. The Bertz CT molecular complexity index is 901. The van der Waals surface area contributed by atoms with Crippen molar-refractivity contribution >= 4 is 22.0 Å². The molecular formula is C25H39N3O3S. The van der Waals surface area contributed by atoms with Gasteiger partial charge in [-0.2, -0.15) is 0 Å². The van der Waals surface area contributed by atoms with E-state index in [-0.39, 0.29) is 17.1 Å². The van der Waals surface area contributed by atoms with E-state index in [1.54, 1.807) is 0 Å². The molecule has 1 aliphatic heterocycles. The third kappa shape index (κ3) is 5.80. The molecule has 2 aliphatic rings. The zero-order valence-corrected chi connectivity index (χ0v) is 20.7. The molecule has 1 amide bonds. The van der Waals surface area contributed by atoms with Gasteiger partial charge < -0.3 is 9.80 Å². The number of piperidine rings is 1. The van der Waals surface area contributed by atoms with E-state index in [2.05, 4.69) is 53.0 Å². The molecule has 1 aromatic carbocycles. The summed E-state index contributed by atoms with van der Waals surface area (Å²) < 4.78 is 28.2. The smallest absolute Gasteiger partial charge is 0.240 e. The van der Waals surface area contributed by atoms with Gasteiger partial charge in [-0.15, -0.1) is 0 Å². The number of fused-ring (bicyclic) bond motifs is 2. The van der Waals surface area contributed by atoms with Crippen molar-refractivity contribution in [1.29, 1.82) is 0 Å². The van der Waals surface area contributed by atoms with Crippen molar-refractivity contribution in [1.82, 2.24) is 14.5 Å². The van der Waals surface area contributed by atoms with Gasteiger partial charge in [0.25, 0.3) is 0 Å². The first-order valence-corrected chi connectivity index (χ1v) is 13.8. The normalized spacial score (nSPS) is 18.3. The number of rotatable bonds is 11. The topological polar surface area (TPSA) is 69.7 Å². The number of unbranched alkanes of at least 4 members (excludes halogenated alkanes) is 1. The summed E-state index contributed by atoms with van der Waals surface area (Å²) in [6.45, 7) is 9.54. The van der Waals surface area contributed by atoms with Crippen LogP contribution in [0.15, 0.2) is 30.3 Å². The average molecular weight is 462 g/mol. The number of allylic oxidation sites excluding steroid dienone is 1. The van der Waals surface area contributed by atoms with Crippen LogP contribution in [0.25, 0.3) is 6.08 Å². The summed E-state index contributed by atoms with van der Waals surface area (Å²) in [4.78, 5) is 17.3. The Balaban J connectivity index is 1.63. The molecule has 0 bridgehead atoms. The van der Waals surface area contributed by atoms with Crippen molar-refractivity contribution in [2.24, 2.45) is 0 Å². The number of sulfonamides is 1. The number of benzene rings is 1. The van der Waals surface area contributed by atoms with Crippen LogP contribution in [0.4, 0.5) is 0 Å². The summed E-state index contributed by atoms with van der Waals surface area (Å²) in [6, 6.07) is 7.81. The van der Waals surface area contributed by atoms with E-state index in [4.69, 9.17) is 0 Å². The van der Waals surface area contributed by atoms with Gasteiger partial charge in [0.2, 0.25) is 15.9 Å². The van der Waals surface area contributed by atoms with Gasteiger partial charge >= 0.3 is 0 Å². The molecule has 0 saturated carbocycles. The second-order valence-corrected chi connectivity index (χ2v) is 10.9. The summed E-state index contributed by atoms with van der Waals surface area (Å²) in [7, 11) is -3.52. The molecule has 1 atom stereocenters. The number of hydrogen-bond donors (Lipinski definition) is 1. The molecule has 0 radical (unpaired) electrons. The fourth-order valence-electron chi connectivity index (χ4n) is 4.92. The molecule has 32 heavy (non-hydrogen) atoms. The highest BCUT2D eigenvalue weighted by Crippen LogP contribution is 2.43. The lowest BCUT2D eigenvalue weighted by Crippen LogP contribution is -2.53. The zero-order valence-electron chi connectivity index (χ0n) is 19.8. The molecular weight excluding hydrogens is 422 g/mol. The van der Waals surface area contributed by atoms with Crippen molar-refractivity contribution in [2.45, 2.75) is 64.3 Å². The van der Waals surface area contributed by atoms with E-state index in [9.17, 15) is 13.2 Å². The lowest BCUT2D eigenvalue weighted by Gasteiger charge is -2.40. The van der Waals surface area contributed by atoms with Crippen molar-refractivity contribution in [3.63, 3.8) is 0 Å². The van der Waals surface area contributed by atoms with Crippen LogP contribution >= 0.6 is 0 Å². The van der Waals surface area contributed by atoms with E-state index in [0.29, 0.717) is 26.1 Å². The SMILES string of the molecule is CCCCC(NS(=O)(=O)CCN(CC)CC)C(=O)N1CCC2(C=Cc3ccccc32)CC1. The number of carbonyl (C=O) groups excluding carboxylic acids is 1. The maximum absolute atomic E-state index is 13.4. The first-order chi connectivity index (χ1) is 15.3. The van der Waals surface area contributed by atoms with Crippen LogP contribution in [0.5, 0.6) is 0 Å². The largest absolute Gasteiger partial charge is 0.341 e. The number of nitrogens with one attached hydrogen (secondary N) is 1. The second-order valence-electron chi connectivity index (χ2n) is 9.06. The van der Waals surface area contributed by atoms with Crippen LogP contribution in [0.2, 0.25) is 0 Å². The van der Waals surface area contributed by atoms with Crippen molar-refractivity contribution in [3.05, 3.63) is 41.5 Å².